The van der Waals surface area contributed by atoms with Crippen LogP contribution in [0.4, 0.5) is 0 Å². The second-order valence-corrected chi connectivity index (χ2v) is 7.14. The number of nitrogens with one attached hydrogen (secondary N) is 2. The first-order valence-electron chi connectivity index (χ1n) is 9.38. The fraction of sp³-hybridized carbons (Fsp3) is 0.300. The van der Waals surface area contributed by atoms with Gasteiger partial charge in [0.15, 0.2) is 35.0 Å². The summed E-state index contributed by atoms with van der Waals surface area (Å²) in [6.07, 6.45) is -0.831. The molecule has 12 nitrogen and oxygen atoms in total. The number of hydrogen-bond acceptors (Lipinski definition) is 8. The van der Waals surface area contributed by atoms with Gasteiger partial charge in [-0.15, -0.1) is 0 Å². The molecule has 0 saturated carbocycles. The van der Waals surface area contributed by atoms with Gasteiger partial charge in [-0.3, -0.25) is 38.4 Å². The van der Waals surface area contributed by atoms with Crippen LogP contribution in [0.5, 0.6) is 0 Å². The van der Waals surface area contributed by atoms with Crippen molar-refractivity contribution in [3.05, 3.63) is 34.4 Å². The van der Waals surface area contributed by atoms with E-state index in [1.54, 1.807) is 0 Å². The number of ketones is 4. The van der Waals surface area contributed by atoms with Gasteiger partial charge in [0.1, 0.15) is 0 Å². The number of hydrogen-bond donors (Lipinski definition) is 4. The number of rotatable bonds is 8. The number of carboxylic acid groups (broad SMARTS) is 2. The van der Waals surface area contributed by atoms with E-state index in [0.717, 1.165) is 12.1 Å². The zero-order chi connectivity index (χ0) is 23.7. The van der Waals surface area contributed by atoms with Crippen molar-refractivity contribution in [1.29, 1.82) is 0 Å². The highest BCUT2D eigenvalue weighted by Crippen LogP contribution is 2.35. The Bertz CT molecular complexity index is 981. The molecule has 3 rings (SSSR count). The molecule has 0 bridgehead atoms. The quantitative estimate of drug-likeness (QED) is 0.355. The van der Waals surface area contributed by atoms with E-state index in [-0.39, 0.29) is 35.3 Å². The van der Waals surface area contributed by atoms with Crippen LogP contribution in [0, 0.1) is 11.8 Å². The molecule has 1 aromatic carbocycles. The molecule has 166 valence electrons. The molecule has 0 unspecified atom stereocenters. The lowest BCUT2D eigenvalue weighted by molar-refractivity contribution is -0.138. The Labute approximate surface area is 179 Å². The van der Waals surface area contributed by atoms with Crippen LogP contribution in [0.1, 0.15) is 54.3 Å². The molecule has 32 heavy (non-hydrogen) atoms. The van der Waals surface area contributed by atoms with Gasteiger partial charge in [-0.2, -0.15) is 0 Å². The third-order valence-corrected chi connectivity index (χ3v) is 5.07. The zero-order valence-electron chi connectivity index (χ0n) is 16.3. The first-order valence-corrected chi connectivity index (χ1v) is 9.38. The van der Waals surface area contributed by atoms with Crippen molar-refractivity contribution < 1.29 is 48.6 Å². The van der Waals surface area contributed by atoms with Crippen molar-refractivity contribution >= 4 is 46.9 Å². The minimum absolute atomic E-state index is 0.250. The summed E-state index contributed by atoms with van der Waals surface area (Å²) in [7, 11) is 0. The summed E-state index contributed by atoms with van der Waals surface area (Å²) < 4.78 is 0. The number of fused-ring (bicyclic) bond motifs is 2. The van der Waals surface area contributed by atoms with Crippen LogP contribution in [0.25, 0.3) is 0 Å². The van der Waals surface area contributed by atoms with Crippen molar-refractivity contribution in [3.63, 3.8) is 0 Å². The Morgan fingerprint density at radius 3 is 1.16 bits per heavy atom. The smallest absolute Gasteiger partial charge is 0.305 e. The average molecular weight is 444 g/mol. The lowest BCUT2D eigenvalue weighted by Gasteiger charge is -2.08. The van der Waals surface area contributed by atoms with E-state index in [4.69, 9.17) is 10.2 Å². The minimum Gasteiger partial charge on any atom is -0.481 e. The average Bonchev–Trinajstić information content (AvgIpc) is 3.10. The van der Waals surface area contributed by atoms with Crippen LogP contribution in [-0.2, 0) is 19.2 Å². The first-order chi connectivity index (χ1) is 15.0. The zero-order valence-corrected chi connectivity index (χ0v) is 16.3. The number of Topliss-reactive ketones (excluding diaryl/α,β-unsaturated/α-hetero) is 4. The summed E-state index contributed by atoms with van der Waals surface area (Å²) in [5.41, 5.74) is -0.999. The van der Waals surface area contributed by atoms with E-state index >= 15 is 0 Å². The van der Waals surface area contributed by atoms with Crippen LogP contribution in [0.3, 0.4) is 0 Å². The molecule has 2 amide bonds. The SMILES string of the molecule is O=C(O)CCNC(=O)C1C(=O)c2cc3c(cc2C1=O)C(=O)C(C(=O)NCCC(=O)O)C3=O. The van der Waals surface area contributed by atoms with Gasteiger partial charge in [0.25, 0.3) is 0 Å². The third kappa shape index (κ3) is 3.89. The minimum atomic E-state index is -1.76. The molecule has 1 aromatic rings. The van der Waals surface area contributed by atoms with Crippen molar-refractivity contribution in [1.82, 2.24) is 10.6 Å². The van der Waals surface area contributed by atoms with Crippen LogP contribution >= 0.6 is 0 Å². The van der Waals surface area contributed by atoms with Crippen LogP contribution in [-0.4, -0.2) is 70.2 Å². The van der Waals surface area contributed by atoms with Crippen molar-refractivity contribution in [2.75, 3.05) is 13.1 Å². The normalized spacial score (nSPS) is 15.5. The number of amides is 2. The van der Waals surface area contributed by atoms with E-state index < -0.39 is 71.6 Å². The van der Waals surface area contributed by atoms with Crippen LogP contribution in [0.15, 0.2) is 12.1 Å². The van der Waals surface area contributed by atoms with Gasteiger partial charge in [-0.05, 0) is 12.1 Å². The Morgan fingerprint density at radius 1 is 0.625 bits per heavy atom. The van der Waals surface area contributed by atoms with E-state index in [1.165, 1.54) is 0 Å². The molecule has 2 aliphatic rings. The predicted octanol–water partition coefficient (Wildman–Crippen LogP) is -1.14. The lowest BCUT2D eigenvalue weighted by atomic mass is 10.0. The topological polar surface area (TPSA) is 201 Å². The van der Waals surface area contributed by atoms with Gasteiger partial charge in [-0.25, -0.2) is 0 Å². The number of carbonyl (C=O) groups is 8. The molecule has 0 spiro atoms. The molecule has 0 saturated heterocycles. The predicted molar refractivity (Wildman–Crippen MR) is 101 cm³/mol. The molecule has 0 fully saturated rings. The fourth-order valence-corrected chi connectivity index (χ4v) is 3.54. The Morgan fingerprint density at radius 2 is 0.906 bits per heavy atom. The molecule has 2 aliphatic carbocycles. The van der Waals surface area contributed by atoms with Gasteiger partial charge in [0, 0.05) is 35.3 Å². The molecular weight excluding hydrogens is 428 g/mol. The molecule has 0 aromatic heterocycles. The number of carboxylic acids is 2. The number of aliphatic carboxylic acids is 2. The summed E-state index contributed by atoms with van der Waals surface area (Å²) in [6, 6.07) is 2.00. The molecule has 12 heteroatoms. The maximum Gasteiger partial charge on any atom is 0.305 e. The largest absolute Gasteiger partial charge is 0.481 e. The standard InChI is InChI=1S/C20H16N2O10/c23-11(24)1-3-21-19(31)13-15(27)7-5-9-10(6-8(7)16(13)28)18(30)14(17(9)29)20(32)22-4-2-12(25)26/h5-6,13-14H,1-4H2,(H,21,31)(H,22,32)(H,23,24)(H,25,26). The Kier molecular flexibility index (Phi) is 5.96. The fourth-order valence-electron chi connectivity index (χ4n) is 3.54. The second-order valence-electron chi connectivity index (χ2n) is 7.14. The molecule has 4 N–H and O–H groups in total. The number of carbonyl (C=O) groups excluding carboxylic acids is 6. The highest BCUT2D eigenvalue weighted by molar-refractivity contribution is 6.39. The highest BCUT2D eigenvalue weighted by Gasteiger charge is 2.48. The van der Waals surface area contributed by atoms with Gasteiger partial charge < -0.3 is 20.8 Å². The van der Waals surface area contributed by atoms with Gasteiger partial charge in [0.2, 0.25) is 11.8 Å². The summed E-state index contributed by atoms with van der Waals surface area (Å²) in [4.78, 5) is 96.0. The molecule has 0 atom stereocenters. The summed E-state index contributed by atoms with van der Waals surface area (Å²) in [5.74, 6) is -11.5. The lowest BCUT2D eigenvalue weighted by Crippen LogP contribution is -2.38. The van der Waals surface area contributed by atoms with E-state index in [1.807, 2.05) is 0 Å². The van der Waals surface area contributed by atoms with E-state index in [0.29, 0.717) is 0 Å². The van der Waals surface area contributed by atoms with Gasteiger partial charge in [0.05, 0.1) is 12.8 Å². The monoisotopic (exact) mass is 444 g/mol. The summed E-state index contributed by atoms with van der Waals surface area (Å²) in [5, 5.41) is 21.6. The van der Waals surface area contributed by atoms with Gasteiger partial charge >= 0.3 is 11.9 Å². The summed E-state index contributed by atoms with van der Waals surface area (Å²) in [6.45, 7) is -0.596. The second kappa shape index (κ2) is 8.49. The molecule has 0 aliphatic heterocycles. The molecule has 0 radical (unpaired) electrons. The maximum absolute atomic E-state index is 12.6. The van der Waals surface area contributed by atoms with Crippen molar-refractivity contribution in [2.45, 2.75) is 12.8 Å². The van der Waals surface area contributed by atoms with Crippen molar-refractivity contribution in [3.8, 4) is 0 Å². The van der Waals surface area contributed by atoms with E-state index in [9.17, 15) is 38.4 Å². The van der Waals surface area contributed by atoms with E-state index in [2.05, 4.69) is 10.6 Å². The van der Waals surface area contributed by atoms with Gasteiger partial charge in [-0.1, -0.05) is 0 Å². The first kappa shape index (κ1) is 22.5. The molecule has 0 heterocycles. The third-order valence-electron chi connectivity index (χ3n) is 5.07. The number of benzene rings is 1. The highest BCUT2D eigenvalue weighted by atomic mass is 16.4. The Balaban J connectivity index is 1.82. The van der Waals surface area contributed by atoms with Crippen LogP contribution in [0.2, 0.25) is 0 Å². The van der Waals surface area contributed by atoms with Crippen LogP contribution < -0.4 is 10.6 Å². The maximum atomic E-state index is 12.6. The van der Waals surface area contributed by atoms with Crippen molar-refractivity contribution in [2.24, 2.45) is 11.8 Å². The molecular formula is C20H16N2O10. The Hall–Kier alpha value is -4.22. The summed E-state index contributed by atoms with van der Waals surface area (Å²) >= 11 is 0.